The molecule has 1 fully saturated rings. The van der Waals surface area contributed by atoms with Crippen LogP contribution in [0, 0.1) is 0 Å². The molecule has 1 aromatic rings. The normalized spacial score (nSPS) is 20.1. The maximum atomic E-state index is 11.8. The molecule has 0 aromatic heterocycles. The topological polar surface area (TPSA) is 29.5 Å². The molecule has 0 radical (unpaired) electrons. The predicted octanol–water partition coefficient (Wildman–Crippen LogP) is 2.99. The zero-order valence-corrected chi connectivity index (χ0v) is 12.5. The molecule has 1 aromatic carbocycles. The van der Waals surface area contributed by atoms with Gasteiger partial charge in [0.15, 0.2) is 0 Å². The van der Waals surface area contributed by atoms with E-state index in [1.807, 2.05) is 34.9 Å². The van der Waals surface area contributed by atoms with Gasteiger partial charge in [-0.15, -0.1) is 0 Å². The van der Waals surface area contributed by atoms with Crippen LogP contribution >= 0.6 is 23.4 Å². The van der Waals surface area contributed by atoms with Gasteiger partial charge in [0.1, 0.15) is 6.61 Å². The van der Waals surface area contributed by atoms with E-state index in [1.165, 1.54) is 5.56 Å². The first-order valence-corrected chi connectivity index (χ1v) is 7.78. The van der Waals surface area contributed by atoms with Crippen molar-refractivity contribution in [2.75, 3.05) is 32.6 Å². The van der Waals surface area contributed by atoms with E-state index in [9.17, 15) is 4.79 Å². The van der Waals surface area contributed by atoms with Crippen molar-refractivity contribution in [3.05, 3.63) is 34.9 Å². The smallest absolute Gasteiger partial charge is 0.248 e. The Kier molecular flexibility index (Phi) is 5.55. The maximum Gasteiger partial charge on any atom is 0.248 e. The van der Waals surface area contributed by atoms with E-state index in [0.29, 0.717) is 5.25 Å². The fourth-order valence-corrected chi connectivity index (χ4v) is 3.82. The average molecular weight is 300 g/mol. The molecule has 0 aliphatic carbocycles. The molecular weight excluding hydrogens is 282 g/mol. The first-order chi connectivity index (χ1) is 9.22. The van der Waals surface area contributed by atoms with E-state index in [4.69, 9.17) is 16.3 Å². The van der Waals surface area contributed by atoms with Gasteiger partial charge in [0.2, 0.25) is 5.91 Å². The summed E-state index contributed by atoms with van der Waals surface area (Å²) < 4.78 is 4.91. The van der Waals surface area contributed by atoms with Crippen molar-refractivity contribution < 1.29 is 9.53 Å². The molecule has 0 saturated carbocycles. The molecule has 0 N–H and O–H groups in total. The molecule has 1 heterocycles. The fourth-order valence-electron chi connectivity index (χ4n) is 2.22. The number of thioether (sulfide) groups is 1. The average Bonchev–Trinajstić information content (AvgIpc) is 2.65. The highest BCUT2D eigenvalue weighted by Gasteiger charge is 2.22. The van der Waals surface area contributed by atoms with Gasteiger partial charge in [0.25, 0.3) is 0 Å². The first kappa shape index (κ1) is 14.7. The summed E-state index contributed by atoms with van der Waals surface area (Å²) in [6, 6.07) is 7.96. The predicted molar refractivity (Wildman–Crippen MR) is 79.7 cm³/mol. The molecule has 1 atom stereocenters. The van der Waals surface area contributed by atoms with Crippen LogP contribution in [-0.2, 0) is 9.53 Å². The lowest BCUT2D eigenvalue weighted by atomic mass is 10.1. The molecule has 0 bridgehead atoms. The van der Waals surface area contributed by atoms with E-state index in [2.05, 4.69) is 6.07 Å². The van der Waals surface area contributed by atoms with Crippen LogP contribution < -0.4 is 0 Å². The number of hydrogen-bond donors (Lipinski definition) is 0. The van der Waals surface area contributed by atoms with Crippen LogP contribution in [0.3, 0.4) is 0 Å². The van der Waals surface area contributed by atoms with Crippen LogP contribution in [0.25, 0.3) is 0 Å². The number of ether oxygens (including phenoxy) is 1. The Morgan fingerprint density at radius 1 is 1.47 bits per heavy atom. The lowest BCUT2D eigenvalue weighted by Crippen LogP contribution is -2.35. The van der Waals surface area contributed by atoms with E-state index in [-0.39, 0.29) is 12.5 Å². The zero-order chi connectivity index (χ0) is 13.7. The highest BCUT2D eigenvalue weighted by molar-refractivity contribution is 7.99. The quantitative estimate of drug-likeness (QED) is 0.859. The van der Waals surface area contributed by atoms with Gasteiger partial charge in [0.05, 0.1) is 0 Å². The summed E-state index contributed by atoms with van der Waals surface area (Å²) in [5.41, 5.74) is 1.18. The van der Waals surface area contributed by atoms with Crippen LogP contribution in [0.15, 0.2) is 24.3 Å². The number of benzene rings is 1. The van der Waals surface area contributed by atoms with Gasteiger partial charge < -0.3 is 9.64 Å². The van der Waals surface area contributed by atoms with Crippen LogP contribution in [-0.4, -0.2) is 43.4 Å². The van der Waals surface area contributed by atoms with Crippen molar-refractivity contribution in [2.24, 2.45) is 0 Å². The maximum absolute atomic E-state index is 11.8. The fraction of sp³-hybridized carbons (Fsp3) is 0.500. The number of amides is 1. The second-order valence-electron chi connectivity index (χ2n) is 4.48. The van der Waals surface area contributed by atoms with Crippen molar-refractivity contribution >= 4 is 29.3 Å². The van der Waals surface area contributed by atoms with Gasteiger partial charge in [-0.1, -0.05) is 29.8 Å². The Morgan fingerprint density at radius 3 is 3.00 bits per heavy atom. The third-order valence-corrected chi connectivity index (χ3v) is 4.87. The molecule has 2 rings (SSSR count). The standard InChI is InChI=1S/C14H18ClNO2S/c1-18-10-14(17)16-7-6-13(19-9-8-16)11-4-2-3-5-12(11)15/h2-5,13H,6-10H2,1H3/t13-/m1/s1. The van der Waals surface area contributed by atoms with Crippen molar-refractivity contribution in [3.8, 4) is 0 Å². The summed E-state index contributed by atoms with van der Waals surface area (Å²) >= 11 is 8.12. The third-order valence-electron chi connectivity index (χ3n) is 3.21. The summed E-state index contributed by atoms with van der Waals surface area (Å²) in [6.07, 6.45) is 0.934. The number of rotatable bonds is 3. The van der Waals surface area contributed by atoms with Gasteiger partial charge in [0, 0.05) is 36.2 Å². The van der Waals surface area contributed by atoms with Crippen molar-refractivity contribution in [3.63, 3.8) is 0 Å². The Hall–Kier alpha value is -0.710. The summed E-state index contributed by atoms with van der Waals surface area (Å²) in [4.78, 5) is 13.7. The number of halogens is 1. The lowest BCUT2D eigenvalue weighted by Gasteiger charge is -2.20. The van der Waals surface area contributed by atoms with Crippen LogP contribution in [0.4, 0.5) is 0 Å². The number of methoxy groups -OCH3 is 1. The zero-order valence-electron chi connectivity index (χ0n) is 11.0. The Labute approximate surface area is 123 Å². The molecule has 1 aliphatic heterocycles. The molecule has 5 heteroatoms. The Balaban J connectivity index is 2.01. The third kappa shape index (κ3) is 3.88. The Bertz CT molecular complexity index is 441. The highest BCUT2D eigenvalue weighted by Crippen LogP contribution is 2.37. The lowest BCUT2D eigenvalue weighted by molar-refractivity contribution is -0.134. The van der Waals surface area contributed by atoms with E-state index in [1.54, 1.807) is 7.11 Å². The molecule has 3 nitrogen and oxygen atoms in total. The SMILES string of the molecule is COCC(=O)N1CCS[C@@H](c2ccccc2Cl)CC1. The Morgan fingerprint density at radius 2 is 2.26 bits per heavy atom. The van der Waals surface area contributed by atoms with Crippen molar-refractivity contribution in [1.82, 2.24) is 4.90 Å². The largest absolute Gasteiger partial charge is 0.375 e. The van der Waals surface area contributed by atoms with Gasteiger partial charge in [-0.3, -0.25) is 4.79 Å². The molecule has 19 heavy (non-hydrogen) atoms. The van der Waals surface area contributed by atoms with Crippen LogP contribution in [0.2, 0.25) is 5.02 Å². The van der Waals surface area contributed by atoms with Gasteiger partial charge in [-0.05, 0) is 18.1 Å². The second-order valence-corrected chi connectivity index (χ2v) is 6.20. The van der Waals surface area contributed by atoms with E-state index >= 15 is 0 Å². The second kappa shape index (κ2) is 7.17. The first-order valence-electron chi connectivity index (χ1n) is 6.35. The molecule has 104 valence electrons. The van der Waals surface area contributed by atoms with Crippen LogP contribution in [0.1, 0.15) is 17.2 Å². The summed E-state index contributed by atoms with van der Waals surface area (Å²) in [5, 5.41) is 1.19. The number of nitrogens with zero attached hydrogens (tertiary/aromatic N) is 1. The number of carbonyl (C=O) groups excluding carboxylic acids is 1. The minimum atomic E-state index is 0.0721. The summed E-state index contributed by atoms with van der Waals surface area (Å²) in [6.45, 7) is 1.72. The highest BCUT2D eigenvalue weighted by atomic mass is 35.5. The minimum Gasteiger partial charge on any atom is -0.375 e. The van der Waals surface area contributed by atoms with Crippen molar-refractivity contribution in [1.29, 1.82) is 0 Å². The molecule has 1 amide bonds. The van der Waals surface area contributed by atoms with E-state index < -0.39 is 0 Å². The molecule has 0 spiro atoms. The van der Waals surface area contributed by atoms with E-state index in [0.717, 1.165) is 30.3 Å². The van der Waals surface area contributed by atoms with Crippen molar-refractivity contribution in [2.45, 2.75) is 11.7 Å². The molecule has 1 aliphatic rings. The summed E-state index contributed by atoms with van der Waals surface area (Å²) in [7, 11) is 1.55. The van der Waals surface area contributed by atoms with Gasteiger partial charge in [-0.2, -0.15) is 11.8 Å². The number of carbonyl (C=O) groups is 1. The molecule has 1 saturated heterocycles. The minimum absolute atomic E-state index is 0.0721. The van der Waals surface area contributed by atoms with Gasteiger partial charge in [-0.25, -0.2) is 0 Å². The summed E-state index contributed by atoms with van der Waals surface area (Å²) in [5.74, 6) is 1.01. The number of hydrogen-bond acceptors (Lipinski definition) is 3. The molecular formula is C14H18ClNO2S. The molecule has 0 unspecified atom stereocenters. The van der Waals surface area contributed by atoms with Gasteiger partial charge >= 0.3 is 0 Å². The monoisotopic (exact) mass is 299 g/mol. The van der Waals surface area contributed by atoms with Crippen LogP contribution in [0.5, 0.6) is 0 Å².